The maximum atomic E-state index is 12.6. The molecule has 0 N–H and O–H groups in total. The summed E-state index contributed by atoms with van der Waals surface area (Å²) in [6.45, 7) is 0.0609. The molecule has 0 saturated carbocycles. The van der Waals surface area contributed by atoms with E-state index in [2.05, 4.69) is 0 Å². The van der Waals surface area contributed by atoms with Crippen LogP contribution in [0.25, 0.3) is 43.1 Å². The number of esters is 3. The molecule has 0 aromatic heterocycles. The first-order valence-electron chi connectivity index (χ1n) is 9.68. The van der Waals surface area contributed by atoms with Crippen LogP contribution in [0.2, 0.25) is 20.1 Å². The predicted octanol–water partition coefficient (Wildman–Crippen LogP) is 7.33. The van der Waals surface area contributed by atoms with Crippen LogP contribution in [0.4, 0.5) is 0 Å². The first-order chi connectivity index (χ1) is 15.8. The quantitative estimate of drug-likeness (QED) is 0.0934. The van der Waals surface area contributed by atoms with Gasteiger partial charge in [0, 0.05) is 63.2 Å². The van der Waals surface area contributed by atoms with E-state index in [4.69, 9.17) is 55.9 Å². The third-order valence-electron chi connectivity index (χ3n) is 6.40. The van der Waals surface area contributed by atoms with Gasteiger partial charge in [-0.3, -0.25) is 0 Å². The Labute approximate surface area is 204 Å². The van der Waals surface area contributed by atoms with Crippen molar-refractivity contribution in [1.82, 2.24) is 0 Å². The number of rotatable bonds is 0. The minimum Gasteiger partial charge on any atom is -0.457 e. The first-order valence-corrected chi connectivity index (χ1v) is 11.2. The van der Waals surface area contributed by atoms with Crippen molar-refractivity contribution in [3.8, 4) is 0 Å². The zero-order valence-corrected chi connectivity index (χ0v) is 19.1. The Morgan fingerprint density at radius 1 is 0.515 bits per heavy atom. The van der Waals surface area contributed by atoms with Gasteiger partial charge in [0.1, 0.15) is 6.61 Å². The van der Waals surface area contributed by atoms with Crippen molar-refractivity contribution in [3.63, 3.8) is 0 Å². The van der Waals surface area contributed by atoms with Gasteiger partial charge in [-0.2, -0.15) is 0 Å². The fraction of sp³-hybridized carbons (Fsp3) is 0.0417. The third kappa shape index (κ3) is 2.23. The summed E-state index contributed by atoms with van der Waals surface area (Å²) in [6.07, 6.45) is 0. The molecule has 5 nitrogen and oxygen atoms in total. The second-order valence-electron chi connectivity index (χ2n) is 7.99. The van der Waals surface area contributed by atoms with Crippen molar-refractivity contribution in [1.29, 1.82) is 0 Å². The van der Waals surface area contributed by atoms with E-state index in [9.17, 15) is 14.4 Å². The molecular weight excluding hydrogens is 510 g/mol. The number of hydrogen-bond donors (Lipinski definition) is 0. The molecule has 0 unspecified atom stereocenters. The van der Waals surface area contributed by atoms with Crippen LogP contribution in [-0.4, -0.2) is 17.9 Å². The summed E-state index contributed by atoms with van der Waals surface area (Å²) < 4.78 is 10.2. The Morgan fingerprint density at radius 2 is 0.939 bits per heavy atom. The SMILES string of the molecule is O=C1OCc2cc(Cl)c3c4c(Cl)cc5c6c(cc(Cl)c(c7c(Cl)cc1c2c37)c64)C(=O)OC5=O. The van der Waals surface area contributed by atoms with E-state index >= 15 is 0 Å². The number of benzene rings is 5. The number of ether oxygens (including phenoxy) is 2. The fourth-order valence-electron chi connectivity index (χ4n) is 5.21. The molecule has 0 amide bonds. The van der Waals surface area contributed by atoms with Gasteiger partial charge in [-0.15, -0.1) is 0 Å². The summed E-state index contributed by atoms with van der Waals surface area (Å²) in [6, 6.07) is 6.19. The molecule has 2 aliphatic rings. The maximum Gasteiger partial charge on any atom is 0.346 e. The van der Waals surface area contributed by atoms with E-state index in [1.807, 2.05) is 0 Å². The lowest BCUT2D eigenvalue weighted by atomic mass is 9.83. The van der Waals surface area contributed by atoms with Gasteiger partial charge in [-0.1, -0.05) is 46.4 Å². The van der Waals surface area contributed by atoms with Gasteiger partial charge in [0.25, 0.3) is 0 Å². The largest absolute Gasteiger partial charge is 0.457 e. The lowest BCUT2D eigenvalue weighted by Gasteiger charge is -2.25. The molecule has 0 saturated heterocycles. The molecule has 5 aromatic rings. The zero-order chi connectivity index (χ0) is 22.9. The maximum absolute atomic E-state index is 12.6. The predicted molar refractivity (Wildman–Crippen MR) is 127 cm³/mol. The number of halogens is 4. The Balaban J connectivity index is 1.93. The van der Waals surface area contributed by atoms with E-state index < -0.39 is 17.9 Å². The van der Waals surface area contributed by atoms with Crippen LogP contribution in [0.15, 0.2) is 24.3 Å². The minimum absolute atomic E-state index is 0.0609. The average molecular weight is 516 g/mol. The lowest BCUT2D eigenvalue weighted by molar-refractivity contribution is 0.0389. The highest BCUT2D eigenvalue weighted by Gasteiger charge is 2.34. The summed E-state index contributed by atoms with van der Waals surface area (Å²) in [5.74, 6) is -2.10. The van der Waals surface area contributed by atoms with Crippen LogP contribution in [0.5, 0.6) is 0 Å². The molecule has 2 aliphatic heterocycles. The molecule has 0 bridgehead atoms. The molecule has 7 rings (SSSR count). The van der Waals surface area contributed by atoms with Gasteiger partial charge >= 0.3 is 17.9 Å². The highest BCUT2D eigenvalue weighted by Crippen LogP contribution is 2.53. The van der Waals surface area contributed by atoms with Crippen LogP contribution in [0.3, 0.4) is 0 Å². The van der Waals surface area contributed by atoms with Crippen molar-refractivity contribution < 1.29 is 23.9 Å². The molecular formula is C24H6Cl4O5. The first kappa shape index (κ1) is 19.6. The smallest absolute Gasteiger partial charge is 0.346 e. The Hall–Kier alpha value is -2.83. The van der Waals surface area contributed by atoms with E-state index in [0.717, 1.165) is 5.56 Å². The molecule has 160 valence electrons. The third-order valence-corrected chi connectivity index (χ3v) is 7.59. The van der Waals surface area contributed by atoms with E-state index in [0.29, 0.717) is 53.7 Å². The molecule has 2 heterocycles. The van der Waals surface area contributed by atoms with Crippen molar-refractivity contribution in [2.75, 3.05) is 0 Å². The number of fused-ring (bicyclic) bond motifs is 2. The van der Waals surface area contributed by atoms with E-state index in [1.54, 1.807) is 12.1 Å². The standard InChI is InChI=1S/C24H6Cl4O5/c25-10-1-6-5-32-22(29)7-2-11(26)17-19-13(28)4-9-15-8(23(30)33-24(9)31)3-12(27)18(21(15)19)16(10)20(17)14(6)7/h1-4H,5H2. The minimum atomic E-state index is -0.801. The van der Waals surface area contributed by atoms with E-state index in [-0.39, 0.29) is 32.8 Å². The van der Waals surface area contributed by atoms with Gasteiger partial charge in [0.05, 0.1) is 16.7 Å². The van der Waals surface area contributed by atoms with Gasteiger partial charge in [-0.25, -0.2) is 14.4 Å². The summed E-state index contributed by atoms with van der Waals surface area (Å²) in [5, 5.41) is 5.32. The van der Waals surface area contributed by atoms with E-state index in [1.165, 1.54) is 12.1 Å². The Morgan fingerprint density at radius 3 is 1.45 bits per heavy atom. The molecule has 0 aliphatic carbocycles. The van der Waals surface area contributed by atoms with Gasteiger partial charge in [0.2, 0.25) is 0 Å². The summed E-state index contributed by atoms with van der Waals surface area (Å²) in [7, 11) is 0. The second-order valence-corrected chi connectivity index (χ2v) is 9.62. The fourth-order valence-corrected chi connectivity index (χ4v) is 6.43. The summed E-state index contributed by atoms with van der Waals surface area (Å²) >= 11 is 27.0. The van der Waals surface area contributed by atoms with Crippen LogP contribution < -0.4 is 0 Å². The highest BCUT2D eigenvalue weighted by molar-refractivity contribution is 6.55. The number of carbonyl (C=O) groups excluding carboxylic acids is 3. The Kier molecular flexibility index (Phi) is 3.68. The van der Waals surface area contributed by atoms with Crippen molar-refractivity contribution in [3.05, 3.63) is 66.6 Å². The van der Waals surface area contributed by atoms with Crippen LogP contribution in [0.1, 0.15) is 36.6 Å². The Bertz CT molecular complexity index is 1770. The summed E-state index contributed by atoms with van der Waals surface area (Å²) in [5.41, 5.74) is 1.34. The summed E-state index contributed by atoms with van der Waals surface area (Å²) in [4.78, 5) is 37.7. The van der Waals surface area contributed by atoms with Crippen molar-refractivity contribution in [2.24, 2.45) is 0 Å². The molecule has 0 atom stereocenters. The van der Waals surface area contributed by atoms with Crippen molar-refractivity contribution in [2.45, 2.75) is 6.61 Å². The molecule has 0 spiro atoms. The second kappa shape index (κ2) is 6.19. The van der Waals surface area contributed by atoms with Crippen LogP contribution >= 0.6 is 46.4 Å². The topological polar surface area (TPSA) is 69.7 Å². The molecule has 33 heavy (non-hydrogen) atoms. The highest BCUT2D eigenvalue weighted by atomic mass is 35.5. The molecule has 5 aromatic carbocycles. The molecule has 0 fully saturated rings. The van der Waals surface area contributed by atoms with Gasteiger partial charge < -0.3 is 9.47 Å². The van der Waals surface area contributed by atoms with Crippen molar-refractivity contribution >= 4 is 107 Å². The number of hydrogen-bond acceptors (Lipinski definition) is 5. The van der Waals surface area contributed by atoms with Gasteiger partial charge in [-0.05, 0) is 29.8 Å². The van der Waals surface area contributed by atoms with Crippen LogP contribution in [0, 0.1) is 0 Å². The number of cyclic esters (lactones) is 3. The van der Waals surface area contributed by atoms with Gasteiger partial charge in [0.15, 0.2) is 0 Å². The number of carbonyl (C=O) groups is 3. The van der Waals surface area contributed by atoms with Crippen LogP contribution in [-0.2, 0) is 16.1 Å². The lowest BCUT2D eigenvalue weighted by Crippen LogP contribution is -2.20. The average Bonchev–Trinajstić information content (AvgIpc) is 2.76. The molecule has 0 radical (unpaired) electrons. The normalized spacial score (nSPS) is 15.2. The molecule has 9 heteroatoms. The monoisotopic (exact) mass is 514 g/mol. The zero-order valence-electron chi connectivity index (χ0n) is 16.1.